The highest BCUT2D eigenvalue weighted by Crippen LogP contribution is 2.35. The first kappa shape index (κ1) is 13.0. The maximum atomic E-state index is 4.17. The van der Waals surface area contributed by atoms with Crippen LogP contribution >= 0.6 is 11.5 Å². The molecule has 1 aromatic rings. The van der Waals surface area contributed by atoms with E-state index in [0.29, 0.717) is 6.04 Å². The Morgan fingerprint density at radius 1 is 1.29 bits per heavy atom. The first-order chi connectivity index (χ1) is 8.33. The molecule has 2 rings (SSSR count). The number of hydrogen-bond donors (Lipinski definition) is 1. The molecule has 96 valence electrons. The van der Waals surface area contributed by atoms with Gasteiger partial charge in [0.2, 0.25) is 0 Å². The highest BCUT2D eigenvalue weighted by Gasteiger charge is 2.26. The van der Waals surface area contributed by atoms with E-state index in [9.17, 15) is 0 Å². The minimum absolute atomic E-state index is 0.484. The van der Waals surface area contributed by atoms with Crippen molar-refractivity contribution >= 4 is 11.5 Å². The molecule has 1 unspecified atom stereocenters. The zero-order chi connectivity index (χ0) is 12.1. The molecule has 1 aliphatic rings. The average Bonchev–Trinajstić information content (AvgIpc) is 2.60. The van der Waals surface area contributed by atoms with Crippen LogP contribution in [0.5, 0.6) is 0 Å². The maximum absolute atomic E-state index is 4.17. The molecule has 1 aromatic heterocycles. The topological polar surface area (TPSA) is 37.8 Å². The first-order valence-electron chi connectivity index (χ1n) is 6.85. The van der Waals surface area contributed by atoms with E-state index in [1.807, 2.05) is 0 Å². The van der Waals surface area contributed by atoms with Crippen LogP contribution in [0.2, 0.25) is 0 Å². The predicted molar refractivity (Wildman–Crippen MR) is 72.3 cm³/mol. The second-order valence-corrected chi connectivity index (χ2v) is 5.80. The van der Waals surface area contributed by atoms with Gasteiger partial charge in [-0.05, 0) is 43.8 Å². The second kappa shape index (κ2) is 6.45. The molecule has 1 heterocycles. The van der Waals surface area contributed by atoms with Crippen LogP contribution in [0.4, 0.5) is 0 Å². The zero-order valence-electron chi connectivity index (χ0n) is 10.9. The SMILES string of the molecule is CCNC(c1snnc1C)C1CCCCCC1. The van der Waals surface area contributed by atoms with Crippen molar-refractivity contribution < 1.29 is 0 Å². The maximum Gasteiger partial charge on any atom is 0.0772 e. The molecular weight excluding hydrogens is 230 g/mol. The van der Waals surface area contributed by atoms with Crippen molar-refractivity contribution in [1.29, 1.82) is 0 Å². The molecule has 17 heavy (non-hydrogen) atoms. The Kier molecular flexibility index (Phi) is 4.92. The molecule has 0 spiro atoms. The van der Waals surface area contributed by atoms with Gasteiger partial charge >= 0.3 is 0 Å². The van der Waals surface area contributed by atoms with Crippen LogP contribution < -0.4 is 5.32 Å². The third kappa shape index (κ3) is 3.26. The van der Waals surface area contributed by atoms with Gasteiger partial charge in [-0.3, -0.25) is 0 Å². The lowest BCUT2D eigenvalue weighted by Gasteiger charge is -2.26. The molecule has 4 heteroatoms. The monoisotopic (exact) mass is 253 g/mol. The van der Waals surface area contributed by atoms with Crippen LogP contribution in [0.1, 0.15) is 62.1 Å². The van der Waals surface area contributed by atoms with Crippen molar-refractivity contribution in [3.05, 3.63) is 10.6 Å². The molecule has 0 radical (unpaired) electrons. The third-order valence-corrected chi connectivity index (χ3v) is 4.67. The van der Waals surface area contributed by atoms with E-state index in [1.54, 1.807) is 11.5 Å². The van der Waals surface area contributed by atoms with Crippen LogP contribution in [-0.4, -0.2) is 16.1 Å². The number of nitrogens with one attached hydrogen (secondary N) is 1. The lowest BCUT2D eigenvalue weighted by Crippen LogP contribution is -2.28. The summed E-state index contributed by atoms with van der Waals surface area (Å²) in [5.41, 5.74) is 1.12. The summed E-state index contributed by atoms with van der Waals surface area (Å²) < 4.78 is 4.09. The Morgan fingerprint density at radius 3 is 2.53 bits per heavy atom. The normalized spacial score (nSPS) is 20.1. The summed E-state index contributed by atoms with van der Waals surface area (Å²) in [6.45, 7) is 5.30. The molecule has 0 saturated heterocycles. The van der Waals surface area contributed by atoms with Crippen LogP contribution in [0, 0.1) is 12.8 Å². The molecule has 0 amide bonds. The van der Waals surface area contributed by atoms with E-state index >= 15 is 0 Å². The Balaban J connectivity index is 2.13. The summed E-state index contributed by atoms with van der Waals surface area (Å²) in [5.74, 6) is 0.776. The van der Waals surface area contributed by atoms with Crippen LogP contribution in [0.3, 0.4) is 0 Å². The Labute approximate surface area is 108 Å². The van der Waals surface area contributed by atoms with Crippen LogP contribution in [0.15, 0.2) is 0 Å². The van der Waals surface area contributed by atoms with E-state index in [2.05, 4.69) is 28.8 Å². The van der Waals surface area contributed by atoms with Crippen LogP contribution in [-0.2, 0) is 0 Å². The third-order valence-electron chi connectivity index (χ3n) is 3.76. The van der Waals surface area contributed by atoms with Crippen molar-refractivity contribution in [2.45, 2.75) is 58.4 Å². The lowest BCUT2D eigenvalue weighted by atomic mass is 9.90. The molecule has 1 atom stereocenters. The number of hydrogen-bond acceptors (Lipinski definition) is 4. The molecule has 1 aliphatic carbocycles. The van der Waals surface area contributed by atoms with E-state index in [4.69, 9.17) is 0 Å². The summed E-state index contributed by atoms with van der Waals surface area (Å²) in [5, 5.41) is 7.82. The van der Waals surface area contributed by atoms with E-state index in [-0.39, 0.29) is 0 Å². The molecule has 1 saturated carbocycles. The van der Waals surface area contributed by atoms with E-state index in [0.717, 1.165) is 18.2 Å². The highest BCUT2D eigenvalue weighted by molar-refractivity contribution is 7.05. The smallest absolute Gasteiger partial charge is 0.0772 e. The minimum Gasteiger partial charge on any atom is -0.309 e. The Bertz CT molecular complexity index is 329. The quantitative estimate of drug-likeness (QED) is 0.835. The summed E-state index contributed by atoms with van der Waals surface area (Å²) in [4.78, 5) is 1.36. The van der Waals surface area contributed by atoms with Crippen LogP contribution in [0.25, 0.3) is 0 Å². The van der Waals surface area contributed by atoms with Crippen molar-refractivity contribution in [1.82, 2.24) is 14.9 Å². The molecule has 0 aliphatic heterocycles. The minimum atomic E-state index is 0.484. The molecule has 0 aromatic carbocycles. The highest BCUT2D eigenvalue weighted by atomic mass is 32.1. The number of aryl methyl sites for hydroxylation is 1. The fourth-order valence-electron chi connectivity index (χ4n) is 2.86. The number of aromatic nitrogens is 2. The molecule has 1 N–H and O–H groups in total. The Hall–Kier alpha value is -0.480. The fourth-order valence-corrected chi connectivity index (χ4v) is 3.67. The Morgan fingerprint density at radius 2 is 2.00 bits per heavy atom. The van der Waals surface area contributed by atoms with Gasteiger partial charge in [-0.1, -0.05) is 37.1 Å². The van der Waals surface area contributed by atoms with E-state index in [1.165, 1.54) is 43.4 Å². The number of nitrogens with zero attached hydrogens (tertiary/aromatic N) is 2. The van der Waals surface area contributed by atoms with Crippen molar-refractivity contribution in [3.63, 3.8) is 0 Å². The first-order valence-corrected chi connectivity index (χ1v) is 7.62. The van der Waals surface area contributed by atoms with Gasteiger partial charge in [-0.25, -0.2) is 0 Å². The molecular formula is C13H23N3S. The van der Waals surface area contributed by atoms with Gasteiger partial charge in [0.25, 0.3) is 0 Å². The van der Waals surface area contributed by atoms with E-state index < -0.39 is 0 Å². The fraction of sp³-hybridized carbons (Fsp3) is 0.846. The summed E-state index contributed by atoms with van der Waals surface area (Å²) in [7, 11) is 0. The molecule has 1 fully saturated rings. The molecule has 0 bridgehead atoms. The van der Waals surface area contributed by atoms with Gasteiger partial charge in [0.1, 0.15) is 0 Å². The van der Waals surface area contributed by atoms with Gasteiger partial charge < -0.3 is 5.32 Å². The lowest BCUT2D eigenvalue weighted by molar-refractivity contribution is 0.333. The largest absolute Gasteiger partial charge is 0.309 e. The van der Waals surface area contributed by atoms with Gasteiger partial charge in [0.05, 0.1) is 10.6 Å². The van der Waals surface area contributed by atoms with Gasteiger partial charge in [0.15, 0.2) is 0 Å². The van der Waals surface area contributed by atoms with Gasteiger partial charge in [-0.15, -0.1) is 5.10 Å². The van der Waals surface area contributed by atoms with Crippen molar-refractivity contribution in [2.75, 3.05) is 6.54 Å². The van der Waals surface area contributed by atoms with Gasteiger partial charge in [0, 0.05) is 6.04 Å². The number of rotatable bonds is 4. The average molecular weight is 253 g/mol. The molecule has 3 nitrogen and oxygen atoms in total. The van der Waals surface area contributed by atoms with Crippen molar-refractivity contribution in [3.8, 4) is 0 Å². The summed E-state index contributed by atoms with van der Waals surface area (Å²) >= 11 is 1.57. The van der Waals surface area contributed by atoms with Gasteiger partial charge in [-0.2, -0.15) is 0 Å². The predicted octanol–water partition coefficient (Wildman–Crippen LogP) is 3.47. The standard InChI is InChI=1S/C13H23N3S/c1-3-14-12(13-10(2)15-16-17-13)11-8-6-4-5-7-9-11/h11-12,14H,3-9H2,1-2H3. The van der Waals surface area contributed by atoms with Crippen molar-refractivity contribution in [2.24, 2.45) is 5.92 Å². The second-order valence-electron chi connectivity index (χ2n) is 5.01. The summed E-state index contributed by atoms with van der Waals surface area (Å²) in [6, 6.07) is 0.484. The summed E-state index contributed by atoms with van der Waals surface area (Å²) in [6.07, 6.45) is 8.31. The zero-order valence-corrected chi connectivity index (χ0v) is 11.7.